The monoisotopic (exact) mass is 304 g/mol. The zero-order valence-corrected chi connectivity index (χ0v) is 15.6. The average molecular weight is 305 g/mol. The van der Waals surface area contributed by atoms with E-state index in [1.54, 1.807) is 7.05 Å². The Morgan fingerprint density at radius 1 is 1.15 bits per heavy atom. The van der Waals surface area contributed by atoms with Crippen LogP contribution in [0.1, 0.15) is 41.5 Å². The molecule has 120 valence electrons. The van der Waals surface area contributed by atoms with Gasteiger partial charge in [-0.1, -0.05) is 20.8 Å². The summed E-state index contributed by atoms with van der Waals surface area (Å²) in [5.41, 5.74) is 2.50. The Morgan fingerprint density at radius 2 is 1.65 bits per heavy atom. The maximum Gasteiger partial charge on any atom is 0.424 e. The van der Waals surface area contributed by atoms with Gasteiger partial charge >= 0.3 is 6.09 Å². The number of hydrogen-bond acceptors (Lipinski definition) is 4. The van der Waals surface area contributed by atoms with Gasteiger partial charge in [0.2, 0.25) is 0 Å². The molecule has 0 aromatic heterocycles. The van der Waals surface area contributed by atoms with Gasteiger partial charge in [-0.05, 0) is 38.9 Å². The molecular formula is C14H32N2O3Si. The number of hydrogen-bond donors (Lipinski definition) is 1. The van der Waals surface area contributed by atoms with Crippen LogP contribution in [-0.2, 0) is 9.16 Å². The maximum absolute atomic E-state index is 11.7. The van der Waals surface area contributed by atoms with Crippen LogP contribution in [0.25, 0.3) is 0 Å². The summed E-state index contributed by atoms with van der Waals surface area (Å²) in [7, 11) is -0.0638. The van der Waals surface area contributed by atoms with Gasteiger partial charge < -0.3 is 9.16 Å². The molecular weight excluding hydrogens is 272 g/mol. The van der Waals surface area contributed by atoms with Crippen LogP contribution in [0.2, 0.25) is 18.1 Å². The summed E-state index contributed by atoms with van der Waals surface area (Å²) >= 11 is 0. The molecule has 0 heterocycles. The lowest BCUT2D eigenvalue weighted by Crippen LogP contribution is -2.46. The summed E-state index contributed by atoms with van der Waals surface area (Å²) in [6.45, 7) is 17.8. The highest BCUT2D eigenvalue weighted by atomic mass is 28.4. The highest BCUT2D eigenvalue weighted by Gasteiger charge is 2.36. The molecule has 0 rings (SSSR count). The average Bonchev–Trinajstić information content (AvgIpc) is 2.19. The van der Waals surface area contributed by atoms with Gasteiger partial charge in [-0.3, -0.25) is 0 Å². The largest absolute Gasteiger partial charge is 0.443 e. The molecule has 0 aromatic rings. The van der Waals surface area contributed by atoms with E-state index in [1.165, 1.54) is 5.01 Å². The fourth-order valence-electron chi connectivity index (χ4n) is 1.13. The number of carbonyl (C=O) groups is 1. The van der Waals surface area contributed by atoms with Crippen LogP contribution >= 0.6 is 0 Å². The van der Waals surface area contributed by atoms with Crippen molar-refractivity contribution in [1.29, 1.82) is 0 Å². The van der Waals surface area contributed by atoms with E-state index < -0.39 is 13.9 Å². The Bertz CT molecular complexity index is 319. The van der Waals surface area contributed by atoms with Crippen LogP contribution in [0.15, 0.2) is 0 Å². The fraction of sp³-hybridized carbons (Fsp3) is 0.929. The summed E-state index contributed by atoms with van der Waals surface area (Å²) in [4.78, 5) is 11.7. The predicted octanol–water partition coefficient (Wildman–Crippen LogP) is 3.38. The molecule has 0 bridgehead atoms. The van der Waals surface area contributed by atoms with Crippen LogP contribution < -0.4 is 5.43 Å². The Balaban J connectivity index is 4.05. The van der Waals surface area contributed by atoms with E-state index in [1.807, 2.05) is 20.8 Å². The van der Waals surface area contributed by atoms with Crippen LogP contribution in [0.5, 0.6) is 0 Å². The number of nitrogens with one attached hydrogen (secondary N) is 1. The standard InChI is InChI=1S/C14H32N2O3Si/c1-13(2,3)19-12(17)16(7)15-10-11-18-20(8,9)14(4,5)6/h15H,10-11H2,1-9H3. The van der Waals surface area contributed by atoms with Gasteiger partial charge in [0.1, 0.15) is 5.60 Å². The number of ether oxygens (including phenoxy) is 1. The van der Waals surface area contributed by atoms with E-state index in [-0.39, 0.29) is 11.1 Å². The fourth-order valence-corrected chi connectivity index (χ4v) is 2.18. The Hall–Kier alpha value is -0.593. The lowest BCUT2D eigenvalue weighted by Gasteiger charge is -2.36. The SMILES string of the molecule is CN(NCCO[Si](C)(C)C(C)(C)C)C(=O)OC(C)(C)C. The van der Waals surface area contributed by atoms with Crippen LogP contribution in [0, 0.1) is 0 Å². The molecule has 6 heteroatoms. The van der Waals surface area contributed by atoms with Crippen molar-refractivity contribution in [2.24, 2.45) is 0 Å². The van der Waals surface area contributed by atoms with Crippen molar-refractivity contribution in [3.05, 3.63) is 0 Å². The molecule has 0 aliphatic carbocycles. The molecule has 0 saturated heterocycles. The first-order chi connectivity index (χ1) is 8.76. The number of carbonyl (C=O) groups excluding carboxylic acids is 1. The van der Waals surface area contributed by atoms with Crippen LogP contribution in [0.3, 0.4) is 0 Å². The first-order valence-electron chi connectivity index (χ1n) is 7.10. The van der Waals surface area contributed by atoms with E-state index in [0.29, 0.717) is 13.2 Å². The highest BCUT2D eigenvalue weighted by molar-refractivity contribution is 6.74. The molecule has 0 saturated carbocycles. The molecule has 20 heavy (non-hydrogen) atoms. The second-order valence-electron chi connectivity index (χ2n) is 7.56. The van der Waals surface area contributed by atoms with E-state index >= 15 is 0 Å². The van der Waals surface area contributed by atoms with Gasteiger partial charge in [0.25, 0.3) is 0 Å². The van der Waals surface area contributed by atoms with E-state index in [4.69, 9.17) is 9.16 Å². The Morgan fingerprint density at radius 3 is 2.05 bits per heavy atom. The van der Waals surface area contributed by atoms with Gasteiger partial charge in [-0.15, -0.1) is 0 Å². The van der Waals surface area contributed by atoms with Crippen molar-refractivity contribution in [3.63, 3.8) is 0 Å². The first-order valence-corrected chi connectivity index (χ1v) is 10.0. The van der Waals surface area contributed by atoms with Crippen LogP contribution in [-0.4, -0.2) is 45.2 Å². The summed E-state index contributed by atoms with van der Waals surface area (Å²) in [5.74, 6) is 0. The molecule has 0 spiro atoms. The minimum Gasteiger partial charge on any atom is -0.443 e. The van der Waals surface area contributed by atoms with Crippen molar-refractivity contribution in [2.45, 2.75) is 65.3 Å². The molecule has 0 aromatic carbocycles. The quantitative estimate of drug-likeness (QED) is 0.480. The molecule has 1 amide bonds. The minimum atomic E-state index is -1.72. The molecule has 0 aliphatic heterocycles. The molecule has 5 nitrogen and oxygen atoms in total. The smallest absolute Gasteiger partial charge is 0.424 e. The van der Waals surface area contributed by atoms with Crippen LogP contribution in [0.4, 0.5) is 4.79 Å². The lowest BCUT2D eigenvalue weighted by atomic mass is 10.2. The third-order valence-corrected chi connectivity index (χ3v) is 7.93. The molecule has 0 fully saturated rings. The summed E-state index contributed by atoms with van der Waals surface area (Å²) in [6.07, 6.45) is -0.384. The second kappa shape index (κ2) is 6.91. The third kappa shape index (κ3) is 7.26. The maximum atomic E-state index is 11.7. The topological polar surface area (TPSA) is 50.8 Å². The lowest BCUT2D eigenvalue weighted by molar-refractivity contribution is 0.0194. The Kier molecular flexibility index (Phi) is 6.71. The number of hydrazine groups is 1. The minimum absolute atomic E-state index is 0.198. The van der Waals surface area contributed by atoms with Crippen molar-refractivity contribution < 1.29 is 14.0 Å². The normalized spacial score (nSPS) is 13.2. The zero-order chi connectivity index (χ0) is 16.2. The van der Waals surface area contributed by atoms with E-state index in [0.717, 1.165) is 0 Å². The van der Waals surface area contributed by atoms with Crippen molar-refractivity contribution in [1.82, 2.24) is 10.4 Å². The third-order valence-electron chi connectivity index (χ3n) is 3.39. The summed E-state index contributed by atoms with van der Waals surface area (Å²) in [6, 6.07) is 0. The van der Waals surface area contributed by atoms with Gasteiger partial charge in [0.15, 0.2) is 8.32 Å². The van der Waals surface area contributed by atoms with Crippen molar-refractivity contribution >= 4 is 14.4 Å². The van der Waals surface area contributed by atoms with Gasteiger partial charge in [-0.2, -0.15) is 0 Å². The Labute approximate surface area is 125 Å². The first kappa shape index (κ1) is 19.4. The van der Waals surface area contributed by atoms with Gasteiger partial charge in [-0.25, -0.2) is 15.2 Å². The van der Waals surface area contributed by atoms with E-state index in [2.05, 4.69) is 39.3 Å². The number of rotatable bonds is 5. The summed E-state index contributed by atoms with van der Waals surface area (Å²) in [5, 5.41) is 1.56. The molecule has 0 atom stereocenters. The van der Waals surface area contributed by atoms with Gasteiger partial charge in [0, 0.05) is 20.2 Å². The molecule has 0 unspecified atom stereocenters. The zero-order valence-electron chi connectivity index (χ0n) is 14.6. The van der Waals surface area contributed by atoms with E-state index in [9.17, 15) is 4.79 Å². The molecule has 0 aliphatic rings. The van der Waals surface area contributed by atoms with Gasteiger partial charge in [0.05, 0.1) is 0 Å². The van der Waals surface area contributed by atoms with Crippen molar-refractivity contribution in [2.75, 3.05) is 20.2 Å². The highest BCUT2D eigenvalue weighted by Crippen LogP contribution is 2.36. The predicted molar refractivity (Wildman–Crippen MR) is 85.1 cm³/mol. The second-order valence-corrected chi connectivity index (χ2v) is 12.4. The summed E-state index contributed by atoms with van der Waals surface area (Å²) < 4.78 is 11.3. The number of nitrogens with zero attached hydrogens (tertiary/aromatic N) is 1. The molecule has 1 N–H and O–H groups in total. The van der Waals surface area contributed by atoms with Crippen molar-refractivity contribution in [3.8, 4) is 0 Å². The molecule has 0 radical (unpaired) electrons. The number of amides is 1.